The van der Waals surface area contributed by atoms with E-state index in [1.54, 1.807) is 6.92 Å². The zero-order valence-electron chi connectivity index (χ0n) is 18.1. The fourth-order valence-electron chi connectivity index (χ4n) is 4.95. The molecule has 3 aliphatic heterocycles. The van der Waals surface area contributed by atoms with E-state index in [0.717, 1.165) is 18.3 Å². The second-order valence-corrected chi connectivity index (χ2v) is 9.73. The van der Waals surface area contributed by atoms with Crippen molar-refractivity contribution in [2.24, 2.45) is 0 Å². The second-order valence-electron chi connectivity index (χ2n) is 9.73. The molecule has 0 N–H and O–H groups in total. The molecule has 152 valence electrons. The Kier molecular flexibility index (Phi) is 4.78. The first-order valence-electron chi connectivity index (χ1n) is 10.6. The highest BCUT2D eigenvalue weighted by molar-refractivity contribution is 6.62. The van der Waals surface area contributed by atoms with E-state index in [-0.39, 0.29) is 24.2 Å². The number of benzene rings is 1. The number of hydrogen-bond acceptors (Lipinski definition) is 4. The Morgan fingerprint density at radius 2 is 1.68 bits per heavy atom. The van der Waals surface area contributed by atoms with Gasteiger partial charge in [-0.05, 0) is 71.0 Å². The second kappa shape index (κ2) is 6.77. The quantitative estimate of drug-likeness (QED) is 0.752. The van der Waals surface area contributed by atoms with Crippen LogP contribution in [0.25, 0.3) is 0 Å². The average molecular weight is 384 g/mol. The van der Waals surface area contributed by atoms with Crippen molar-refractivity contribution in [3.05, 3.63) is 24.3 Å². The van der Waals surface area contributed by atoms with Crippen LogP contribution in [0.4, 0.5) is 5.69 Å². The lowest BCUT2D eigenvalue weighted by molar-refractivity contribution is -0.130. The van der Waals surface area contributed by atoms with Gasteiger partial charge in [0.25, 0.3) is 0 Å². The third-order valence-electron chi connectivity index (χ3n) is 7.45. The fourth-order valence-corrected chi connectivity index (χ4v) is 4.95. The minimum Gasteiger partial charge on any atom is -0.399 e. The number of fused-ring (bicyclic) bond motifs is 2. The van der Waals surface area contributed by atoms with Crippen molar-refractivity contribution in [2.75, 3.05) is 11.9 Å². The smallest absolute Gasteiger partial charge is 0.399 e. The Bertz CT molecular complexity index is 736. The van der Waals surface area contributed by atoms with Crippen molar-refractivity contribution in [2.45, 2.75) is 89.6 Å². The maximum atomic E-state index is 11.8. The molecule has 0 saturated carbocycles. The highest BCUT2D eigenvalue weighted by Crippen LogP contribution is 2.41. The number of anilines is 1. The van der Waals surface area contributed by atoms with Crippen LogP contribution in [-0.4, -0.2) is 54.3 Å². The van der Waals surface area contributed by atoms with E-state index in [1.807, 2.05) is 11.9 Å². The summed E-state index contributed by atoms with van der Waals surface area (Å²) in [6.45, 7) is 10.0. The number of rotatable bonds is 3. The number of amides is 1. The predicted molar refractivity (Wildman–Crippen MR) is 113 cm³/mol. The fraction of sp³-hybridized carbons (Fsp3) is 0.682. The first-order chi connectivity index (χ1) is 13.1. The maximum absolute atomic E-state index is 11.8. The minimum absolute atomic E-state index is 0.167. The van der Waals surface area contributed by atoms with Crippen LogP contribution in [-0.2, 0) is 14.1 Å². The number of nitrogens with zero attached hydrogens (tertiary/aromatic N) is 2. The number of carbonyl (C=O) groups is 1. The first kappa shape index (κ1) is 19.8. The Hall–Kier alpha value is -1.53. The average Bonchev–Trinajstić information content (AvgIpc) is 3.02. The lowest BCUT2D eigenvalue weighted by atomic mass is 9.78. The molecular formula is C22H33BN2O3. The Morgan fingerprint density at radius 3 is 2.21 bits per heavy atom. The molecule has 6 heteroatoms. The summed E-state index contributed by atoms with van der Waals surface area (Å²) in [4.78, 5) is 16.3. The Balaban J connectivity index is 1.54. The molecule has 0 aliphatic carbocycles. The molecule has 1 aromatic carbocycles. The van der Waals surface area contributed by atoms with E-state index in [4.69, 9.17) is 9.31 Å². The van der Waals surface area contributed by atoms with Gasteiger partial charge in [0.1, 0.15) is 0 Å². The van der Waals surface area contributed by atoms with Gasteiger partial charge in [0.2, 0.25) is 5.91 Å². The molecule has 28 heavy (non-hydrogen) atoms. The molecule has 0 radical (unpaired) electrons. The van der Waals surface area contributed by atoms with Gasteiger partial charge < -0.3 is 19.1 Å². The number of piperidine rings is 1. The lowest BCUT2D eigenvalue weighted by Crippen LogP contribution is -2.51. The topological polar surface area (TPSA) is 42.0 Å². The monoisotopic (exact) mass is 384 g/mol. The molecule has 3 fully saturated rings. The van der Waals surface area contributed by atoms with Crippen molar-refractivity contribution in [3.63, 3.8) is 0 Å². The van der Waals surface area contributed by atoms with Gasteiger partial charge in [-0.2, -0.15) is 0 Å². The third-order valence-corrected chi connectivity index (χ3v) is 7.45. The summed E-state index contributed by atoms with van der Waals surface area (Å²) < 4.78 is 12.5. The third kappa shape index (κ3) is 3.24. The highest BCUT2D eigenvalue weighted by atomic mass is 16.7. The molecule has 3 heterocycles. The van der Waals surface area contributed by atoms with Gasteiger partial charge in [-0.1, -0.05) is 12.1 Å². The van der Waals surface area contributed by atoms with Crippen LogP contribution in [0.5, 0.6) is 0 Å². The van der Waals surface area contributed by atoms with Crippen LogP contribution in [0.2, 0.25) is 0 Å². The summed E-state index contributed by atoms with van der Waals surface area (Å²) >= 11 is 0. The minimum atomic E-state index is -0.331. The van der Waals surface area contributed by atoms with Crippen LogP contribution in [0.15, 0.2) is 24.3 Å². The van der Waals surface area contributed by atoms with Crippen molar-refractivity contribution in [3.8, 4) is 0 Å². The van der Waals surface area contributed by atoms with Gasteiger partial charge >= 0.3 is 7.12 Å². The van der Waals surface area contributed by atoms with E-state index in [0.29, 0.717) is 18.1 Å². The summed E-state index contributed by atoms with van der Waals surface area (Å²) in [6.07, 6.45) is 4.50. The predicted octanol–water partition coefficient (Wildman–Crippen LogP) is 2.96. The van der Waals surface area contributed by atoms with E-state index in [2.05, 4.69) is 56.9 Å². The number of carbonyl (C=O) groups excluding carboxylic acids is 1. The van der Waals surface area contributed by atoms with E-state index >= 15 is 0 Å². The molecular weight excluding hydrogens is 351 g/mol. The van der Waals surface area contributed by atoms with Crippen LogP contribution in [0.3, 0.4) is 0 Å². The molecule has 2 bridgehead atoms. The van der Waals surface area contributed by atoms with Crippen LogP contribution < -0.4 is 10.4 Å². The van der Waals surface area contributed by atoms with Gasteiger partial charge in [-0.15, -0.1) is 0 Å². The van der Waals surface area contributed by atoms with Crippen LogP contribution in [0, 0.1) is 0 Å². The summed E-state index contributed by atoms with van der Waals surface area (Å²) in [5.74, 6) is 0.167. The highest BCUT2D eigenvalue weighted by Gasteiger charge is 2.52. The van der Waals surface area contributed by atoms with Gasteiger partial charge in [0.15, 0.2) is 0 Å². The molecule has 1 unspecified atom stereocenters. The van der Waals surface area contributed by atoms with Crippen LogP contribution in [0.1, 0.15) is 60.3 Å². The normalized spacial score (nSPS) is 30.6. The molecule has 1 aromatic rings. The summed E-state index contributed by atoms with van der Waals surface area (Å²) in [6, 6.07) is 10.0. The SMILES string of the molecule is CC(=O)N(C)C1C[C@H]2CC[C@@H](C1)N2c1cccc(B2OC(C)(C)C(C)(C)O2)c1. The molecule has 4 rings (SSSR count). The molecule has 3 saturated heterocycles. The van der Waals surface area contributed by atoms with Crippen molar-refractivity contribution < 1.29 is 14.1 Å². The maximum Gasteiger partial charge on any atom is 0.494 e. The summed E-state index contributed by atoms with van der Waals surface area (Å²) in [5, 5.41) is 0. The summed E-state index contributed by atoms with van der Waals surface area (Å²) in [7, 11) is 1.62. The van der Waals surface area contributed by atoms with Gasteiger partial charge in [0.05, 0.1) is 11.2 Å². The van der Waals surface area contributed by atoms with Gasteiger partial charge in [-0.25, -0.2) is 0 Å². The van der Waals surface area contributed by atoms with E-state index in [1.165, 1.54) is 18.5 Å². The molecule has 0 aromatic heterocycles. The standard InChI is InChI=1S/C22H33BN2O3/c1-15(26)24(6)20-13-18-10-11-19(14-20)25(18)17-9-7-8-16(12-17)23-27-21(2,3)22(4,5)28-23/h7-9,12,18-20H,10-11,13-14H2,1-6H3/t18-,19+,20?. The van der Waals surface area contributed by atoms with Crippen LogP contribution >= 0.6 is 0 Å². The molecule has 3 aliphatic rings. The molecule has 3 atom stereocenters. The Morgan fingerprint density at radius 1 is 1.11 bits per heavy atom. The molecule has 5 nitrogen and oxygen atoms in total. The largest absolute Gasteiger partial charge is 0.494 e. The molecule has 0 spiro atoms. The van der Waals surface area contributed by atoms with Crippen molar-refractivity contribution in [1.29, 1.82) is 0 Å². The zero-order valence-corrected chi connectivity index (χ0v) is 18.1. The van der Waals surface area contributed by atoms with E-state index in [9.17, 15) is 4.79 Å². The number of hydrogen-bond donors (Lipinski definition) is 0. The molecule has 1 amide bonds. The van der Waals surface area contributed by atoms with Crippen molar-refractivity contribution in [1.82, 2.24) is 4.90 Å². The zero-order chi connectivity index (χ0) is 20.3. The van der Waals surface area contributed by atoms with E-state index < -0.39 is 0 Å². The Labute approximate surface area is 169 Å². The van der Waals surface area contributed by atoms with Gasteiger partial charge in [-0.3, -0.25) is 4.79 Å². The lowest BCUT2D eigenvalue weighted by Gasteiger charge is -2.43. The summed E-state index contributed by atoms with van der Waals surface area (Å²) in [5.41, 5.74) is 1.67. The van der Waals surface area contributed by atoms with Crippen molar-refractivity contribution >= 4 is 24.2 Å². The first-order valence-corrected chi connectivity index (χ1v) is 10.6. The van der Waals surface area contributed by atoms with Gasteiger partial charge in [0, 0.05) is 37.8 Å².